The number of hydrogen-bond donors (Lipinski definition) is 0. The summed E-state index contributed by atoms with van der Waals surface area (Å²) >= 11 is 0. The lowest BCUT2D eigenvalue weighted by atomic mass is 10.3. The Hall–Kier alpha value is -1.25. The van der Waals surface area contributed by atoms with Crippen molar-refractivity contribution in [3.63, 3.8) is 0 Å². The van der Waals surface area contributed by atoms with Gasteiger partial charge in [0.1, 0.15) is 5.82 Å². The molecule has 2 nitrogen and oxygen atoms in total. The highest BCUT2D eigenvalue weighted by Crippen LogP contribution is 2.31. The number of fused-ring (bicyclic) bond motifs is 1. The fourth-order valence-corrected chi connectivity index (χ4v) is 0.816. The van der Waals surface area contributed by atoms with Crippen LogP contribution in [0.25, 0.3) is 0 Å². The summed E-state index contributed by atoms with van der Waals surface area (Å²) in [4.78, 5) is 0. The molecule has 0 amide bonds. The van der Waals surface area contributed by atoms with Crippen molar-refractivity contribution in [3.8, 4) is 11.5 Å². The van der Waals surface area contributed by atoms with Gasteiger partial charge in [0, 0.05) is 12.1 Å². The lowest BCUT2D eigenvalue weighted by molar-refractivity contribution is 0.174. The van der Waals surface area contributed by atoms with Gasteiger partial charge in [-0.2, -0.15) is 0 Å². The van der Waals surface area contributed by atoms with E-state index in [9.17, 15) is 4.39 Å². The second-order valence-electron chi connectivity index (χ2n) is 1.92. The molecule has 1 radical (unpaired) electrons. The molecule has 0 aliphatic carbocycles. The molecule has 0 spiro atoms. The van der Waals surface area contributed by atoms with Gasteiger partial charge in [-0.25, -0.2) is 4.39 Å². The van der Waals surface area contributed by atoms with Gasteiger partial charge >= 0.3 is 0 Å². The van der Waals surface area contributed by atoms with E-state index in [1.165, 1.54) is 12.1 Å². The smallest absolute Gasteiger partial charge is 0.231 e. The fourth-order valence-electron chi connectivity index (χ4n) is 0.816. The molecule has 0 bridgehead atoms. The van der Waals surface area contributed by atoms with Gasteiger partial charge in [0.2, 0.25) is 6.79 Å². The molecular formula is C7H4FO2. The van der Waals surface area contributed by atoms with E-state index in [1.54, 1.807) is 0 Å². The summed E-state index contributed by atoms with van der Waals surface area (Å²) in [6.45, 7) is 0.173. The summed E-state index contributed by atoms with van der Waals surface area (Å²) in [5.41, 5.74) is 0. The molecule has 10 heavy (non-hydrogen) atoms. The predicted molar refractivity (Wildman–Crippen MR) is 31.4 cm³/mol. The Labute approximate surface area is 57.2 Å². The maximum absolute atomic E-state index is 12.4. The van der Waals surface area contributed by atoms with Crippen LogP contribution in [-0.4, -0.2) is 6.79 Å². The maximum atomic E-state index is 12.4. The predicted octanol–water partition coefficient (Wildman–Crippen LogP) is 1.35. The first-order chi connectivity index (χ1) is 4.86. The van der Waals surface area contributed by atoms with Crippen molar-refractivity contribution in [2.75, 3.05) is 6.79 Å². The van der Waals surface area contributed by atoms with Gasteiger partial charge in [0.25, 0.3) is 0 Å². The van der Waals surface area contributed by atoms with E-state index < -0.39 is 5.82 Å². The molecular weight excluding hydrogens is 135 g/mol. The summed E-state index contributed by atoms with van der Waals surface area (Å²) in [6.07, 6.45) is 0. The van der Waals surface area contributed by atoms with Crippen molar-refractivity contribution < 1.29 is 13.9 Å². The number of benzene rings is 1. The summed E-state index contributed by atoms with van der Waals surface area (Å²) in [5.74, 6) is 0.585. The molecule has 0 aromatic heterocycles. The van der Waals surface area contributed by atoms with Crippen LogP contribution in [0.3, 0.4) is 0 Å². The first-order valence-corrected chi connectivity index (χ1v) is 2.83. The van der Waals surface area contributed by atoms with Crippen LogP contribution in [-0.2, 0) is 0 Å². The third-order valence-corrected chi connectivity index (χ3v) is 1.27. The van der Waals surface area contributed by atoms with Crippen LogP contribution in [0, 0.1) is 11.9 Å². The second-order valence-corrected chi connectivity index (χ2v) is 1.92. The molecule has 1 aromatic carbocycles. The third kappa shape index (κ3) is 0.708. The molecule has 0 unspecified atom stereocenters. The van der Waals surface area contributed by atoms with Crippen molar-refractivity contribution in [3.05, 3.63) is 24.0 Å². The Balaban J connectivity index is 2.52. The van der Waals surface area contributed by atoms with Crippen LogP contribution in [0.1, 0.15) is 0 Å². The van der Waals surface area contributed by atoms with Gasteiger partial charge in [-0.3, -0.25) is 0 Å². The molecule has 0 saturated heterocycles. The monoisotopic (exact) mass is 139 g/mol. The number of ether oxygens (including phenoxy) is 2. The Bertz CT molecular complexity index is 260. The zero-order chi connectivity index (χ0) is 6.97. The quantitative estimate of drug-likeness (QED) is 0.540. The van der Waals surface area contributed by atoms with Crippen LogP contribution in [0.15, 0.2) is 12.1 Å². The molecule has 1 heterocycles. The standard InChI is InChI=1S/C7H4FO2/c8-5-1-2-6-7(3-5)10-4-9-6/h2-3H,4H2. The number of hydrogen-bond acceptors (Lipinski definition) is 2. The Kier molecular flexibility index (Phi) is 1.03. The molecule has 2 rings (SSSR count). The third-order valence-electron chi connectivity index (χ3n) is 1.27. The largest absolute Gasteiger partial charge is 0.454 e. The summed E-state index contributed by atoms with van der Waals surface area (Å²) < 4.78 is 22.2. The highest BCUT2D eigenvalue weighted by Gasteiger charge is 2.12. The van der Waals surface area contributed by atoms with Gasteiger partial charge in [-0.1, -0.05) is 0 Å². The first-order valence-electron chi connectivity index (χ1n) is 2.83. The van der Waals surface area contributed by atoms with Gasteiger partial charge in [-0.15, -0.1) is 0 Å². The summed E-state index contributed by atoms with van der Waals surface area (Å²) in [7, 11) is 0. The van der Waals surface area contributed by atoms with E-state index in [0.29, 0.717) is 11.5 Å². The highest BCUT2D eigenvalue weighted by molar-refractivity contribution is 5.41. The van der Waals surface area contributed by atoms with E-state index in [4.69, 9.17) is 9.47 Å². The Morgan fingerprint density at radius 2 is 2.20 bits per heavy atom. The minimum absolute atomic E-state index is 0.173. The lowest BCUT2D eigenvalue weighted by Gasteiger charge is -1.91. The van der Waals surface area contributed by atoms with E-state index in [1.807, 2.05) is 0 Å². The average molecular weight is 139 g/mol. The molecule has 0 atom stereocenters. The minimum atomic E-state index is -0.427. The van der Waals surface area contributed by atoms with Crippen molar-refractivity contribution in [2.45, 2.75) is 0 Å². The zero-order valence-corrected chi connectivity index (χ0v) is 5.06. The molecule has 1 aliphatic heterocycles. The molecule has 1 aromatic rings. The molecule has 51 valence electrons. The van der Waals surface area contributed by atoms with E-state index >= 15 is 0 Å². The number of halogens is 1. The van der Waals surface area contributed by atoms with Gasteiger partial charge in [0.15, 0.2) is 11.5 Å². The van der Waals surface area contributed by atoms with Crippen molar-refractivity contribution >= 4 is 0 Å². The highest BCUT2D eigenvalue weighted by atomic mass is 19.1. The van der Waals surface area contributed by atoms with Crippen molar-refractivity contribution in [2.24, 2.45) is 0 Å². The minimum Gasteiger partial charge on any atom is -0.454 e. The molecule has 0 saturated carbocycles. The van der Waals surface area contributed by atoms with Crippen LogP contribution < -0.4 is 9.47 Å². The lowest BCUT2D eigenvalue weighted by Crippen LogP contribution is -1.92. The van der Waals surface area contributed by atoms with E-state index in [2.05, 4.69) is 6.07 Å². The number of rotatable bonds is 0. The Morgan fingerprint density at radius 3 is 3.10 bits per heavy atom. The van der Waals surface area contributed by atoms with Gasteiger partial charge < -0.3 is 9.47 Å². The Morgan fingerprint density at radius 1 is 1.40 bits per heavy atom. The van der Waals surface area contributed by atoms with Crippen LogP contribution in [0.5, 0.6) is 11.5 Å². The molecule has 3 heteroatoms. The van der Waals surface area contributed by atoms with E-state index in [-0.39, 0.29) is 6.79 Å². The average Bonchev–Trinajstić information content (AvgIpc) is 2.33. The maximum Gasteiger partial charge on any atom is 0.231 e. The first kappa shape index (κ1) is 5.53. The summed E-state index contributed by atoms with van der Waals surface area (Å²) in [6, 6.07) is 5.04. The summed E-state index contributed by atoms with van der Waals surface area (Å²) in [5, 5.41) is 0. The van der Waals surface area contributed by atoms with Crippen LogP contribution in [0.2, 0.25) is 0 Å². The molecule has 1 aliphatic rings. The molecule has 0 N–H and O–H groups in total. The van der Waals surface area contributed by atoms with E-state index in [0.717, 1.165) is 0 Å². The SMILES string of the molecule is Fc1[c]cc2c(c1)OCO2. The normalized spacial score (nSPS) is 13.7. The van der Waals surface area contributed by atoms with Crippen molar-refractivity contribution in [1.29, 1.82) is 0 Å². The van der Waals surface area contributed by atoms with Crippen LogP contribution in [0.4, 0.5) is 4.39 Å². The van der Waals surface area contributed by atoms with Gasteiger partial charge in [-0.05, 0) is 6.07 Å². The topological polar surface area (TPSA) is 18.5 Å². The zero-order valence-electron chi connectivity index (χ0n) is 5.06. The van der Waals surface area contributed by atoms with Gasteiger partial charge in [0.05, 0.1) is 0 Å². The fraction of sp³-hybridized carbons (Fsp3) is 0.143. The van der Waals surface area contributed by atoms with Crippen molar-refractivity contribution in [1.82, 2.24) is 0 Å². The second kappa shape index (κ2) is 1.87. The van der Waals surface area contributed by atoms with Crippen LogP contribution >= 0.6 is 0 Å². The molecule has 0 fully saturated rings.